The number of alkyl halides is 3. The Morgan fingerprint density at radius 2 is 1.93 bits per heavy atom. The third-order valence-electron chi connectivity index (χ3n) is 4.86. The topological polar surface area (TPSA) is 21.7 Å². The molecule has 0 radical (unpaired) electrons. The normalized spacial score (nSPS) is 19.2. The second-order valence-electron chi connectivity index (χ2n) is 7.33. The molecule has 0 aliphatic carbocycles. The van der Waals surface area contributed by atoms with Gasteiger partial charge < -0.3 is 14.4 Å². The van der Waals surface area contributed by atoms with Crippen LogP contribution >= 0.6 is 15.9 Å². The Morgan fingerprint density at radius 3 is 2.64 bits per heavy atom. The van der Waals surface area contributed by atoms with Crippen molar-refractivity contribution < 1.29 is 22.6 Å². The molecule has 2 aromatic carbocycles. The van der Waals surface area contributed by atoms with E-state index in [0.29, 0.717) is 16.6 Å². The molecular weight excluding hydrogens is 435 g/mol. The summed E-state index contributed by atoms with van der Waals surface area (Å²) >= 11 is 3.15. The van der Waals surface area contributed by atoms with Gasteiger partial charge in [0.15, 0.2) is 0 Å². The zero-order valence-electron chi connectivity index (χ0n) is 15.9. The van der Waals surface area contributed by atoms with Crippen molar-refractivity contribution in [3.8, 4) is 0 Å². The van der Waals surface area contributed by atoms with E-state index in [1.54, 1.807) is 6.07 Å². The molecule has 3 nitrogen and oxygen atoms in total. The zero-order chi connectivity index (χ0) is 20.4. The van der Waals surface area contributed by atoms with Crippen LogP contribution < -0.4 is 0 Å². The van der Waals surface area contributed by atoms with Gasteiger partial charge in [0.25, 0.3) is 0 Å². The molecule has 0 fully saturated rings. The Kier molecular flexibility index (Phi) is 6.49. The number of ether oxygens (including phenoxy) is 2. The maximum Gasteiger partial charge on any atom is 0.416 e. The van der Waals surface area contributed by atoms with E-state index in [-0.39, 0.29) is 13.2 Å². The first-order valence-electron chi connectivity index (χ1n) is 9.01. The predicted molar refractivity (Wildman–Crippen MR) is 105 cm³/mol. The molecule has 0 spiro atoms. The van der Waals surface area contributed by atoms with Gasteiger partial charge in [-0.15, -0.1) is 0 Å². The number of halogens is 4. The molecular formula is C21H23BrF3NO2. The molecule has 0 aromatic heterocycles. The first-order chi connectivity index (χ1) is 13.2. The van der Waals surface area contributed by atoms with Crippen molar-refractivity contribution in [2.45, 2.75) is 31.4 Å². The van der Waals surface area contributed by atoms with E-state index in [1.165, 1.54) is 0 Å². The molecule has 152 valence electrons. The number of hydrogen-bond donors (Lipinski definition) is 0. The van der Waals surface area contributed by atoms with Gasteiger partial charge >= 0.3 is 6.18 Å². The summed E-state index contributed by atoms with van der Waals surface area (Å²) in [6.45, 7) is 1.69. The van der Waals surface area contributed by atoms with Gasteiger partial charge in [0, 0.05) is 11.0 Å². The molecule has 1 atom stereocenters. The zero-order valence-corrected chi connectivity index (χ0v) is 17.4. The van der Waals surface area contributed by atoms with Crippen LogP contribution in [0.25, 0.3) is 0 Å². The Hall–Kier alpha value is -1.41. The lowest BCUT2D eigenvalue weighted by atomic mass is 9.90. The Labute approximate surface area is 171 Å². The van der Waals surface area contributed by atoms with Crippen LogP contribution in [-0.4, -0.2) is 32.1 Å². The molecule has 0 amide bonds. The monoisotopic (exact) mass is 457 g/mol. The quantitative estimate of drug-likeness (QED) is 0.558. The number of nitrogens with zero attached hydrogens (tertiary/aromatic N) is 1. The van der Waals surface area contributed by atoms with Crippen LogP contribution in [0, 0.1) is 0 Å². The summed E-state index contributed by atoms with van der Waals surface area (Å²) in [6.07, 6.45) is -3.65. The fraction of sp³-hybridized carbons (Fsp3) is 0.429. The maximum absolute atomic E-state index is 13.0. The molecule has 1 unspecified atom stereocenters. The van der Waals surface area contributed by atoms with Crippen LogP contribution in [0.2, 0.25) is 0 Å². The number of fused-ring (bicyclic) bond motifs is 1. The van der Waals surface area contributed by atoms with Gasteiger partial charge in [-0.3, -0.25) is 0 Å². The predicted octanol–water partition coefficient (Wildman–Crippen LogP) is 5.36. The van der Waals surface area contributed by atoms with E-state index < -0.39 is 17.3 Å². The van der Waals surface area contributed by atoms with Gasteiger partial charge in [0.1, 0.15) is 5.60 Å². The Morgan fingerprint density at radius 1 is 1.18 bits per heavy atom. The Balaban J connectivity index is 1.75. The highest BCUT2D eigenvalue weighted by Crippen LogP contribution is 2.40. The lowest BCUT2D eigenvalue weighted by Gasteiger charge is -2.31. The summed E-state index contributed by atoms with van der Waals surface area (Å²) in [4.78, 5) is 2.08. The van der Waals surface area contributed by atoms with E-state index in [2.05, 4.69) is 20.8 Å². The lowest BCUT2D eigenvalue weighted by Crippen LogP contribution is -2.35. The molecule has 1 aliphatic rings. The standard InChI is InChI=1S/C21H23BrF3NO2/c1-26(2)8-7-20(19-6-4-3-5-16(19)13-28-20)14-27-12-15-9-17(21(23,24)25)11-18(22)10-15/h3-6,9-11H,7-8,12-14H2,1-2H3. The van der Waals surface area contributed by atoms with Crippen LogP contribution in [0.3, 0.4) is 0 Å². The maximum atomic E-state index is 13.0. The van der Waals surface area contributed by atoms with Crippen LogP contribution in [0.4, 0.5) is 13.2 Å². The molecule has 1 heterocycles. The highest BCUT2D eigenvalue weighted by atomic mass is 79.9. The number of hydrogen-bond acceptors (Lipinski definition) is 3. The molecule has 0 N–H and O–H groups in total. The first-order valence-corrected chi connectivity index (χ1v) is 9.80. The minimum atomic E-state index is -4.39. The molecule has 3 rings (SSSR count). The van der Waals surface area contributed by atoms with Crippen molar-refractivity contribution in [3.63, 3.8) is 0 Å². The second-order valence-corrected chi connectivity index (χ2v) is 8.25. The van der Waals surface area contributed by atoms with E-state index >= 15 is 0 Å². The van der Waals surface area contributed by atoms with Crippen molar-refractivity contribution in [1.29, 1.82) is 0 Å². The molecule has 7 heteroatoms. The van der Waals surface area contributed by atoms with Gasteiger partial charge in [-0.05, 0) is 55.4 Å². The lowest BCUT2D eigenvalue weighted by molar-refractivity contribution is -0.137. The summed E-state index contributed by atoms with van der Waals surface area (Å²) < 4.78 is 51.5. The van der Waals surface area contributed by atoms with Crippen LogP contribution in [-0.2, 0) is 34.5 Å². The third kappa shape index (κ3) is 4.95. The van der Waals surface area contributed by atoms with Crippen LogP contribution in [0.1, 0.15) is 28.7 Å². The van der Waals surface area contributed by atoms with E-state index in [1.807, 2.05) is 38.4 Å². The SMILES string of the molecule is CN(C)CCC1(COCc2cc(Br)cc(C(F)(F)F)c2)OCc2ccccc21. The molecule has 2 aromatic rings. The first kappa shape index (κ1) is 21.3. The van der Waals surface area contributed by atoms with Crippen molar-refractivity contribution in [3.05, 3.63) is 69.2 Å². The van der Waals surface area contributed by atoms with Crippen LogP contribution in [0.15, 0.2) is 46.9 Å². The highest BCUT2D eigenvalue weighted by Gasteiger charge is 2.40. The smallest absolute Gasteiger partial charge is 0.373 e. The van der Waals surface area contributed by atoms with Crippen molar-refractivity contribution in [2.24, 2.45) is 0 Å². The fourth-order valence-electron chi connectivity index (χ4n) is 3.42. The highest BCUT2D eigenvalue weighted by molar-refractivity contribution is 9.10. The largest absolute Gasteiger partial charge is 0.416 e. The van der Waals surface area contributed by atoms with Crippen molar-refractivity contribution in [1.82, 2.24) is 4.90 Å². The van der Waals surface area contributed by atoms with Crippen molar-refractivity contribution in [2.75, 3.05) is 27.2 Å². The third-order valence-corrected chi connectivity index (χ3v) is 5.32. The van der Waals surface area contributed by atoms with E-state index in [4.69, 9.17) is 9.47 Å². The average Bonchev–Trinajstić information content (AvgIpc) is 2.98. The fourth-order valence-corrected chi connectivity index (χ4v) is 3.96. The minimum Gasteiger partial charge on any atom is -0.373 e. The molecule has 1 aliphatic heterocycles. The van der Waals surface area contributed by atoms with Gasteiger partial charge in [0.2, 0.25) is 0 Å². The van der Waals surface area contributed by atoms with Gasteiger partial charge in [-0.1, -0.05) is 40.2 Å². The van der Waals surface area contributed by atoms with Crippen LogP contribution in [0.5, 0.6) is 0 Å². The Bertz CT molecular complexity index is 826. The molecule has 0 saturated carbocycles. The number of rotatable bonds is 7. The number of benzene rings is 2. The summed E-state index contributed by atoms with van der Waals surface area (Å²) in [6, 6.07) is 11.9. The van der Waals surface area contributed by atoms with Crippen molar-refractivity contribution >= 4 is 15.9 Å². The molecule has 0 bridgehead atoms. The van der Waals surface area contributed by atoms with Gasteiger partial charge in [-0.2, -0.15) is 13.2 Å². The average molecular weight is 458 g/mol. The van der Waals surface area contributed by atoms with E-state index in [0.717, 1.165) is 36.2 Å². The van der Waals surface area contributed by atoms with Gasteiger partial charge in [0.05, 0.1) is 25.4 Å². The summed E-state index contributed by atoms with van der Waals surface area (Å²) in [5.74, 6) is 0. The summed E-state index contributed by atoms with van der Waals surface area (Å²) in [5.41, 5.74) is 1.43. The summed E-state index contributed by atoms with van der Waals surface area (Å²) in [7, 11) is 3.99. The van der Waals surface area contributed by atoms with E-state index in [9.17, 15) is 13.2 Å². The minimum absolute atomic E-state index is 0.0811. The second kappa shape index (κ2) is 8.53. The van der Waals surface area contributed by atoms with Gasteiger partial charge in [-0.25, -0.2) is 0 Å². The molecule has 28 heavy (non-hydrogen) atoms. The molecule has 0 saturated heterocycles. The summed E-state index contributed by atoms with van der Waals surface area (Å²) in [5, 5.41) is 0.